The van der Waals surface area contributed by atoms with Gasteiger partial charge >= 0.3 is 0 Å². The topological polar surface area (TPSA) is 95.0 Å². The summed E-state index contributed by atoms with van der Waals surface area (Å²) in [6.07, 6.45) is 24.2. The number of para-hydroxylation sites is 1. The Morgan fingerprint density at radius 3 is 1.76 bits per heavy atom. The first-order valence-corrected chi connectivity index (χ1v) is 29.3. The average molecular weight is 1020 g/mol. The van der Waals surface area contributed by atoms with Crippen molar-refractivity contribution in [2.45, 2.75) is 184 Å². The lowest BCUT2D eigenvalue weighted by molar-refractivity contribution is -0.128. The van der Waals surface area contributed by atoms with Crippen LogP contribution in [0, 0.1) is 82.9 Å². The van der Waals surface area contributed by atoms with Crippen molar-refractivity contribution in [1.29, 1.82) is 0 Å². The first-order valence-electron chi connectivity index (χ1n) is 29.3. The second-order valence-corrected chi connectivity index (χ2v) is 26.1. The van der Waals surface area contributed by atoms with Crippen LogP contribution in [0.25, 0.3) is 10.9 Å². The molecule has 6 unspecified atom stereocenters. The zero-order valence-corrected chi connectivity index (χ0v) is 47.1. The highest BCUT2D eigenvalue weighted by Gasteiger charge is 2.61. The van der Waals surface area contributed by atoms with Crippen LogP contribution < -0.4 is 9.47 Å². The second-order valence-electron chi connectivity index (χ2n) is 26.1. The van der Waals surface area contributed by atoms with Gasteiger partial charge in [-0.1, -0.05) is 111 Å². The number of aryl methyl sites for hydroxylation is 2. The van der Waals surface area contributed by atoms with Gasteiger partial charge in [0, 0.05) is 23.3 Å². The predicted octanol–water partition coefficient (Wildman–Crippen LogP) is 15.7. The summed E-state index contributed by atoms with van der Waals surface area (Å²) in [6, 6.07) is 26.7. The number of allylic oxidation sites excluding steroid dienone is 2. The molecule has 12 rings (SSSR count). The lowest BCUT2D eigenvalue weighted by Crippen LogP contribution is -2.51. The van der Waals surface area contributed by atoms with Crippen molar-refractivity contribution in [3.63, 3.8) is 0 Å². The number of aliphatic hydroxyl groups excluding tert-OH is 1. The Morgan fingerprint density at radius 1 is 0.627 bits per heavy atom. The molecule has 1 heterocycles. The molecule has 0 spiro atoms. The number of Topliss-reactive ketones (excluding diaryl/α,β-unsaturated/α-hetero) is 2. The number of carbonyl (C=O) groups excluding carboxylic acids is 2. The molecule has 8 aliphatic rings. The Balaban J connectivity index is 0.000000131. The van der Waals surface area contributed by atoms with Gasteiger partial charge in [-0.25, -0.2) is 4.98 Å². The van der Waals surface area contributed by atoms with Crippen LogP contribution in [-0.4, -0.2) is 41.0 Å². The van der Waals surface area contributed by atoms with Gasteiger partial charge in [0.25, 0.3) is 0 Å². The number of aromatic nitrogens is 1. The van der Waals surface area contributed by atoms with E-state index >= 15 is 0 Å². The van der Waals surface area contributed by atoms with Gasteiger partial charge in [0.2, 0.25) is 5.88 Å². The van der Waals surface area contributed by atoms with Crippen LogP contribution >= 0.6 is 0 Å². The second kappa shape index (κ2) is 21.7. The van der Waals surface area contributed by atoms with Crippen LogP contribution in [0.5, 0.6) is 11.6 Å². The summed E-state index contributed by atoms with van der Waals surface area (Å²) in [6.45, 7) is 19.0. The zero-order valence-electron chi connectivity index (χ0n) is 47.1. The van der Waals surface area contributed by atoms with E-state index in [-0.39, 0.29) is 16.9 Å². The third kappa shape index (κ3) is 10.4. The third-order valence-electron chi connectivity index (χ3n) is 22.2. The molecular formula is C68H89NO6. The predicted molar refractivity (Wildman–Crippen MR) is 301 cm³/mol. The smallest absolute Gasteiger partial charge is 0.214 e. The average Bonchev–Trinajstić information content (AvgIpc) is 3.98. The Morgan fingerprint density at radius 2 is 1.17 bits per heavy atom. The van der Waals surface area contributed by atoms with E-state index in [9.17, 15) is 14.7 Å². The Labute approximate surface area is 450 Å². The summed E-state index contributed by atoms with van der Waals surface area (Å²) >= 11 is 0. The summed E-state index contributed by atoms with van der Waals surface area (Å²) in [5.41, 5.74) is 10.2. The number of carbonyl (C=O) groups is 2. The summed E-state index contributed by atoms with van der Waals surface area (Å²) in [5, 5.41) is 11.2. The molecule has 3 aromatic carbocycles. The fourth-order valence-corrected chi connectivity index (χ4v) is 17.9. The summed E-state index contributed by atoms with van der Waals surface area (Å²) in [7, 11) is 1.66. The molecule has 4 aromatic rings. The monoisotopic (exact) mass is 1020 g/mol. The molecule has 75 heavy (non-hydrogen) atoms. The molecule has 6 fully saturated rings. The van der Waals surface area contributed by atoms with Gasteiger partial charge in [-0.3, -0.25) is 9.59 Å². The van der Waals surface area contributed by atoms with Crippen LogP contribution in [0.3, 0.4) is 0 Å². The van der Waals surface area contributed by atoms with E-state index in [0.717, 1.165) is 103 Å². The van der Waals surface area contributed by atoms with Crippen molar-refractivity contribution in [2.24, 2.45) is 69.0 Å². The van der Waals surface area contributed by atoms with Gasteiger partial charge in [0.05, 0.1) is 31.4 Å². The fraction of sp³-hybridized carbons (Fsp3) is 0.603. The lowest BCUT2D eigenvalue weighted by Gasteiger charge is -2.58. The van der Waals surface area contributed by atoms with Gasteiger partial charge in [0.1, 0.15) is 23.9 Å². The number of nitrogens with zero attached hydrogens (tertiary/aromatic N) is 1. The molecule has 8 aliphatic carbocycles. The standard InChI is InChI=1S/C29H40O2.C21H32O2.C18H17NO2/c1-19-5-7-21(8-6-19)18-31-23-13-15-28(3)22(17-23)9-10-24-26-12-11-25(20(2)30)29(26,4)16-14-27(24)28;1-13(22)17-6-7-18-16-5-4-14-12-15(23)8-10-20(14,2)19(16)9-11-21(17,18)3;1-13-11-18(19-17-6-4-3-5-16(13)17)21-12-14-7-9-15(20-2)10-8-14/h5-9,23-27H,10-18H2,1-4H3;4,15-19,23H,5-12H2,1-3H3;3-11H,12H2,1-2H3/t23-,24?,25+,26?,27?,28-,29+;15-,16?,17+,18?,19?,20-,21+;/m00./s1. The largest absolute Gasteiger partial charge is 0.497 e. The lowest BCUT2D eigenvalue weighted by atomic mass is 9.47. The van der Waals surface area contributed by atoms with E-state index in [4.69, 9.17) is 14.2 Å². The quantitative estimate of drug-likeness (QED) is 0.167. The minimum atomic E-state index is -0.117. The van der Waals surface area contributed by atoms with Crippen molar-refractivity contribution in [3.05, 3.63) is 124 Å². The molecule has 0 saturated heterocycles. The first-order chi connectivity index (χ1) is 35.9. The number of ether oxygens (including phenoxy) is 3. The molecule has 0 aliphatic heterocycles. The highest BCUT2D eigenvalue weighted by Crippen LogP contribution is 2.68. The van der Waals surface area contributed by atoms with E-state index in [1.807, 2.05) is 62.4 Å². The summed E-state index contributed by atoms with van der Waals surface area (Å²) < 4.78 is 17.3. The number of hydrogen-bond acceptors (Lipinski definition) is 7. The van der Waals surface area contributed by atoms with Crippen LogP contribution in [0.4, 0.5) is 0 Å². The van der Waals surface area contributed by atoms with E-state index in [2.05, 4.69) is 89.0 Å². The van der Waals surface area contributed by atoms with Gasteiger partial charge in [-0.2, -0.15) is 0 Å². The Hall–Kier alpha value is -4.59. The molecule has 6 saturated carbocycles. The summed E-state index contributed by atoms with van der Waals surface area (Å²) in [4.78, 5) is 29.0. The number of ketones is 2. The minimum absolute atomic E-state index is 0.117. The molecule has 7 heteroatoms. The number of pyridine rings is 1. The molecule has 1 N–H and O–H groups in total. The van der Waals surface area contributed by atoms with Crippen molar-refractivity contribution in [1.82, 2.24) is 4.98 Å². The SMILES string of the molecule is CC(=O)[C@H]1CCC2C3CC=C4C[C@@H](O)CC[C@]4(C)C3CC[C@@]21C.CC(=O)[C@H]1CCC2C3CC=C4C[C@@H](OCc5ccc(C)cc5)CC[C@]4(C)C3CC[C@@]21C.COc1ccc(COc2cc(C)c3ccccc3n2)cc1. The highest BCUT2D eigenvalue weighted by molar-refractivity contribution is 5.82. The molecule has 402 valence electrons. The normalized spacial score (nSPS) is 36.2. The summed E-state index contributed by atoms with van der Waals surface area (Å²) in [5.74, 6) is 7.57. The molecule has 0 radical (unpaired) electrons. The van der Waals surface area contributed by atoms with E-state index in [1.54, 1.807) is 18.3 Å². The van der Waals surface area contributed by atoms with Crippen molar-refractivity contribution in [3.8, 4) is 11.6 Å². The Bertz CT molecular complexity index is 2760. The van der Waals surface area contributed by atoms with Crippen LogP contribution in [-0.2, 0) is 27.5 Å². The molecular weight excluding hydrogens is 927 g/mol. The number of benzene rings is 3. The number of methoxy groups -OCH3 is 1. The zero-order chi connectivity index (χ0) is 52.9. The van der Waals surface area contributed by atoms with E-state index in [1.165, 1.54) is 80.9 Å². The van der Waals surface area contributed by atoms with Crippen LogP contribution in [0.15, 0.2) is 102 Å². The molecule has 0 bridgehead atoms. The van der Waals surface area contributed by atoms with E-state index < -0.39 is 0 Å². The minimum Gasteiger partial charge on any atom is -0.497 e. The van der Waals surface area contributed by atoms with Gasteiger partial charge in [-0.05, 0) is 222 Å². The molecule has 1 aromatic heterocycles. The maximum absolute atomic E-state index is 12.3. The molecule has 14 atom stereocenters. The van der Waals surface area contributed by atoms with Gasteiger partial charge < -0.3 is 19.3 Å². The maximum atomic E-state index is 12.3. The number of aliphatic hydroxyl groups is 1. The van der Waals surface area contributed by atoms with Crippen molar-refractivity contribution in [2.75, 3.05) is 7.11 Å². The number of rotatable bonds is 9. The van der Waals surface area contributed by atoms with Gasteiger partial charge in [-0.15, -0.1) is 0 Å². The van der Waals surface area contributed by atoms with Crippen LogP contribution in [0.2, 0.25) is 0 Å². The first kappa shape index (κ1) is 53.8. The van der Waals surface area contributed by atoms with Crippen LogP contribution in [0.1, 0.15) is 167 Å². The molecule has 0 amide bonds. The van der Waals surface area contributed by atoms with Crippen molar-refractivity contribution < 1.29 is 28.9 Å². The number of hydrogen-bond donors (Lipinski definition) is 1. The highest BCUT2D eigenvalue weighted by atomic mass is 16.5. The van der Waals surface area contributed by atoms with E-state index in [0.29, 0.717) is 52.8 Å². The maximum Gasteiger partial charge on any atom is 0.214 e. The Kier molecular flexibility index (Phi) is 15.5. The van der Waals surface area contributed by atoms with Gasteiger partial charge in [0.15, 0.2) is 0 Å². The fourth-order valence-electron chi connectivity index (χ4n) is 17.9. The third-order valence-corrected chi connectivity index (χ3v) is 22.2. The van der Waals surface area contributed by atoms with Crippen molar-refractivity contribution >= 4 is 22.5 Å². The number of fused-ring (bicyclic) bond motifs is 11. The molecule has 7 nitrogen and oxygen atoms in total.